The summed E-state index contributed by atoms with van der Waals surface area (Å²) in [6, 6.07) is 48.8. The normalized spacial score (nSPS) is 11.5. The highest BCUT2D eigenvalue weighted by molar-refractivity contribution is 6.32. The molecule has 8 rings (SSSR count). The second-order valence-electron chi connectivity index (χ2n) is 15.9. The predicted octanol–water partition coefficient (Wildman–Crippen LogP) is 16.0. The molecule has 0 heterocycles. The summed E-state index contributed by atoms with van der Waals surface area (Å²) >= 11 is 0. The van der Waals surface area contributed by atoms with Gasteiger partial charge in [0.25, 0.3) is 0 Å². The summed E-state index contributed by atoms with van der Waals surface area (Å²) in [7, 11) is 0. The van der Waals surface area contributed by atoms with E-state index in [0.717, 1.165) is 123 Å². The van der Waals surface area contributed by atoms with Gasteiger partial charge < -0.3 is 18.9 Å². The largest absolute Gasteiger partial charge is 0.494 e. The summed E-state index contributed by atoms with van der Waals surface area (Å²) in [6.07, 6.45) is 8.60. The third kappa shape index (κ3) is 8.80. The van der Waals surface area contributed by atoms with Crippen LogP contribution >= 0.6 is 0 Å². The first-order chi connectivity index (χ1) is 29.6. The molecule has 306 valence electrons. The molecule has 0 aliphatic carbocycles. The molecule has 0 aliphatic heterocycles. The maximum atomic E-state index is 6.10. The lowest BCUT2D eigenvalue weighted by Crippen LogP contribution is -1.97. The topological polar surface area (TPSA) is 36.9 Å². The summed E-state index contributed by atoms with van der Waals surface area (Å²) in [5.74, 6) is 3.62. The van der Waals surface area contributed by atoms with E-state index in [0.29, 0.717) is 0 Å². The SMILES string of the molecule is CCCCOc1ccc(-c2cc(-c3ccc(OCCCC)cc3)c3ccc4c(-c5ccc(OCCCC)cc5)cc(-c5ccc(OCCCC)cc5)c5ccc2c3c54)cc1. The van der Waals surface area contributed by atoms with E-state index in [9.17, 15) is 0 Å². The lowest BCUT2D eigenvalue weighted by molar-refractivity contribution is 0.309. The smallest absolute Gasteiger partial charge is 0.119 e. The van der Waals surface area contributed by atoms with E-state index in [2.05, 4.69) is 161 Å². The first-order valence-corrected chi connectivity index (χ1v) is 22.3. The molecule has 0 atom stereocenters. The minimum absolute atomic E-state index is 0.727. The third-order valence-corrected chi connectivity index (χ3v) is 11.6. The van der Waals surface area contributed by atoms with Crippen molar-refractivity contribution in [3.63, 3.8) is 0 Å². The van der Waals surface area contributed by atoms with Gasteiger partial charge in [-0.15, -0.1) is 0 Å². The van der Waals surface area contributed by atoms with Crippen LogP contribution in [-0.2, 0) is 0 Å². The highest BCUT2D eigenvalue weighted by atomic mass is 16.5. The summed E-state index contributed by atoms with van der Waals surface area (Å²) in [5, 5.41) is 7.46. The molecule has 0 fully saturated rings. The van der Waals surface area contributed by atoms with Gasteiger partial charge in [-0.3, -0.25) is 0 Å². The Morgan fingerprint density at radius 3 is 0.700 bits per heavy atom. The van der Waals surface area contributed by atoms with Crippen molar-refractivity contribution in [3.8, 4) is 67.5 Å². The Labute approximate surface area is 356 Å². The van der Waals surface area contributed by atoms with E-state index < -0.39 is 0 Å². The van der Waals surface area contributed by atoms with E-state index in [1.165, 1.54) is 54.6 Å². The molecule has 8 aromatic carbocycles. The molecule has 0 unspecified atom stereocenters. The average Bonchev–Trinajstić information content (AvgIpc) is 3.29. The van der Waals surface area contributed by atoms with Crippen molar-refractivity contribution in [1.29, 1.82) is 0 Å². The van der Waals surface area contributed by atoms with Crippen molar-refractivity contribution in [3.05, 3.63) is 133 Å². The zero-order chi connectivity index (χ0) is 41.3. The number of hydrogen-bond acceptors (Lipinski definition) is 4. The highest BCUT2D eigenvalue weighted by Crippen LogP contribution is 2.49. The van der Waals surface area contributed by atoms with E-state index in [-0.39, 0.29) is 0 Å². The van der Waals surface area contributed by atoms with E-state index in [4.69, 9.17) is 18.9 Å². The Morgan fingerprint density at radius 2 is 0.500 bits per heavy atom. The van der Waals surface area contributed by atoms with Gasteiger partial charge in [0.1, 0.15) is 23.0 Å². The van der Waals surface area contributed by atoms with E-state index in [1.807, 2.05) is 0 Å². The Balaban J connectivity index is 1.35. The Hall–Kier alpha value is -6.00. The van der Waals surface area contributed by atoms with Crippen molar-refractivity contribution in [2.45, 2.75) is 79.1 Å². The van der Waals surface area contributed by atoms with Crippen LogP contribution in [0.3, 0.4) is 0 Å². The summed E-state index contributed by atoms with van der Waals surface area (Å²) < 4.78 is 24.4. The molecule has 60 heavy (non-hydrogen) atoms. The number of benzene rings is 8. The van der Waals surface area contributed by atoms with Crippen molar-refractivity contribution in [1.82, 2.24) is 0 Å². The van der Waals surface area contributed by atoms with Gasteiger partial charge in [-0.1, -0.05) is 126 Å². The van der Waals surface area contributed by atoms with Gasteiger partial charge in [0.2, 0.25) is 0 Å². The molecule has 0 aromatic heterocycles. The monoisotopic (exact) mass is 794 g/mol. The molecule has 4 heteroatoms. The van der Waals surface area contributed by atoms with Crippen LogP contribution in [0.2, 0.25) is 0 Å². The van der Waals surface area contributed by atoms with Crippen LogP contribution in [0.4, 0.5) is 0 Å². The minimum atomic E-state index is 0.727. The van der Waals surface area contributed by atoms with Crippen LogP contribution < -0.4 is 18.9 Å². The first kappa shape index (κ1) is 40.8. The van der Waals surface area contributed by atoms with Gasteiger partial charge in [0.15, 0.2) is 0 Å². The second-order valence-corrected chi connectivity index (χ2v) is 15.9. The Bertz CT molecular complexity index is 2250. The van der Waals surface area contributed by atoms with E-state index >= 15 is 0 Å². The fourth-order valence-electron chi connectivity index (χ4n) is 8.21. The molecular formula is C56H58O4. The zero-order valence-electron chi connectivity index (χ0n) is 35.8. The molecule has 0 N–H and O–H groups in total. The summed E-state index contributed by atoms with van der Waals surface area (Å²) in [5.41, 5.74) is 9.44. The number of ether oxygens (including phenoxy) is 4. The van der Waals surface area contributed by atoms with Gasteiger partial charge in [-0.2, -0.15) is 0 Å². The third-order valence-electron chi connectivity index (χ3n) is 11.6. The molecule has 0 saturated carbocycles. The molecule has 0 radical (unpaired) electrons. The Kier molecular flexibility index (Phi) is 13.2. The Morgan fingerprint density at radius 1 is 0.283 bits per heavy atom. The molecule has 0 spiro atoms. The maximum absolute atomic E-state index is 6.10. The quantitative estimate of drug-likeness (QED) is 0.0569. The lowest BCUT2D eigenvalue weighted by Gasteiger charge is -2.22. The van der Waals surface area contributed by atoms with Crippen molar-refractivity contribution < 1.29 is 18.9 Å². The van der Waals surface area contributed by atoms with Crippen LogP contribution in [0.1, 0.15) is 79.1 Å². The van der Waals surface area contributed by atoms with Crippen LogP contribution in [0, 0.1) is 0 Å². The summed E-state index contributed by atoms with van der Waals surface area (Å²) in [6.45, 7) is 11.7. The number of rotatable bonds is 20. The van der Waals surface area contributed by atoms with Gasteiger partial charge in [0.05, 0.1) is 26.4 Å². The van der Waals surface area contributed by atoms with Gasteiger partial charge in [0, 0.05) is 0 Å². The average molecular weight is 795 g/mol. The number of unbranched alkanes of at least 4 members (excludes halogenated alkanes) is 4. The number of hydrogen-bond donors (Lipinski definition) is 0. The molecule has 0 aliphatic rings. The molecular weight excluding hydrogens is 737 g/mol. The molecule has 0 saturated heterocycles. The standard InChI is InChI=1S/C56H58O4/c1-5-9-33-57-43-21-13-39(14-22-43)51-37-52(40-15-23-44(24-16-40)58-34-10-6-2)48-31-32-50-54(42-19-27-46(28-20-42)60-36-12-8-4)38-53(49-30-29-47(51)55(48)56(49)50)41-17-25-45(26-18-41)59-35-11-7-3/h13-32,37-38H,5-12,33-36H2,1-4H3. The van der Waals surface area contributed by atoms with Crippen molar-refractivity contribution in [2.24, 2.45) is 0 Å². The first-order valence-electron chi connectivity index (χ1n) is 22.3. The summed E-state index contributed by atoms with van der Waals surface area (Å²) in [4.78, 5) is 0. The van der Waals surface area contributed by atoms with Crippen molar-refractivity contribution in [2.75, 3.05) is 26.4 Å². The van der Waals surface area contributed by atoms with Crippen LogP contribution in [0.15, 0.2) is 133 Å². The molecule has 0 amide bonds. The maximum Gasteiger partial charge on any atom is 0.119 e. The van der Waals surface area contributed by atoms with Crippen LogP contribution in [0.5, 0.6) is 23.0 Å². The molecule has 0 bridgehead atoms. The van der Waals surface area contributed by atoms with Crippen molar-refractivity contribution >= 4 is 32.3 Å². The fourth-order valence-corrected chi connectivity index (χ4v) is 8.21. The van der Waals surface area contributed by atoms with Crippen LogP contribution in [0.25, 0.3) is 76.8 Å². The van der Waals surface area contributed by atoms with E-state index in [1.54, 1.807) is 0 Å². The lowest BCUT2D eigenvalue weighted by atomic mass is 9.82. The van der Waals surface area contributed by atoms with Gasteiger partial charge in [-0.25, -0.2) is 0 Å². The van der Waals surface area contributed by atoms with Gasteiger partial charge in [-0.05, 0) is 163 Å². The molecule has 8 aromatic rings. The van der Waals surface area contributed by atoms with Gasteiger partial charge >= 0.3 is 0 Å². The highest BCUT2D eigenvalue weighted by Gasteiger charge is 2.21. The second kappa shape index (κ2) is 19.4. The zero-order valence-corrected chi connectivity index (χ0v) is 35.8. The minimum Gasteiger partial charge on any atom is -0.494 e. The fraction of sp³-hybridized carbons (Fsp3) is 0.286. The predicted molar refractivity (Wildman–Crippen MR) is 254 cm³/mol. The van der Waals surface area contributed by atoms with Crippen LogP contribution in [-0.4, -0.2) is 26.4 Å². The molecule has 4 nitrogen and oxygen atoms in total.